The lowest BCUT2D eigenvalue weighted by Crippen LogP contribution is -2.13. The van der Waals surface area contributed by atoms with E-state index in [0.29, 0.717) is 11.5 Å². The number of nitrogens with zero attached hydrogens (tertiary/aromatic N) is 4. The topological polar surface area (TPSA) is 33.1 Å². The minimum Gasteiger partial charge on any atom is -0.457 e. The van der Waals surface area contributed by atoms with E-state index in [0.717, 1.165) is 94.9 Å². The predicted molar refractivity (Wildman–Crippen MR) is 284 cm³/mol. The van der Waals surface area contributed by atoms with Crippen molar-refractivity contribution in [1.29, 1.82) is 0 Å². The lowest BCUT2D eigenvalue weighted by molar-refractivity contribution is 0.483. The largest absolute Gasteiger partial charge is 0.503 e. The fraction of sp³-hybridized carbons (Fsp3) is 0.143. The van der Waals surface area contributed by atoms with E-state index in [2.05, 4.69) is 183 Å². The summed E-state index contributed by atoms with van der Waals surface area (Å²) in [6.45, 7) is 15.3. The predicted octanol–water partition coefficient (Wildman–Crippen LogP) is 17.0. The maximum Gasteiger partial charge on any atom is 0.503 e. The van der Waals surface area contributed by atoms with Gasteiger partial charge in [0.15, 0.2) is 0 Å². The Bertz CT molecular complexity index is 3700. The van der Waals surface area contributed by atoms with Crippen molar-refractivity contribution in [2.45, 2.75) is 59.3 Å². The number of hydrogen-bond acceptors (Lipinski definition) is 2. The molecule has 0 aliphatic carbocycles. The molecule has 0 N–H and O–H groups in total. The van der Waals surface area contributed by atoms with Crippen LogP contribution in [0.3, 0.4) is 0 Å². The molecule has 0 bridgehead atoms. The average Bonchev–Trinajstić information content (AvgIpc) is 3.89. The van der Waals surface area contributed by atoms with E-state index in [9.17, 15) is 8.78 Å². The second-order valence-corrected chi connectivity index (χ2v) is 20.3. The van der Waals surface area contributed by atoms with Crippen molar-refractivity contribution < 1.29 is 13.5 Å². The third kappa shape index (κ3) is 8.08. The van der Waals surface area contributed by atoms with Crippen LogP contribution in [-0.2, 0) is 10.8 Å². The van der Waals surface area contributed by atoms with Crippen LogP contribution in [0.2, 0.25) is 0 Å². The molecule has 0 radical (unpaired) electrons. The molecule has 342 valence electrons. The molecule has 70 heavy (non-hydrogen) atoms. The molecule has 5 nitrogen and oxygen atoms in total. The van der Waals surface area contributed by atoms with Gasteiger partial charge in [-0.1, -0.05) is 120 Å². The molecular weight excluding hydrogens is 867 g/mol. The molecule has 8 aromatic carbocycles. The molecule has 0 fully saturated rings. The summed E-state index contributed by atoms with van der Waals surface area (Å²) in [4.78, 5) is 4.91. The molecule has 2 aromatic heterocycles. The van der Waals surface area contributed by atoms with Crippen molar-refractivity contribution in [3.63, 3.8) is 0 Å². The quantitative estimate of drug-likeness (QED) is 0.142. The van der Waals surface area contributed by atoms with E-state index in [-0.39, 0.29) is 22.5 Å². The average molecular weight is 919 g/mol. The molecule has 0 unspecified atom stereocenters. The van der Waals surface area contributed by atoms with Crippen LogP contribution in [-0.4, -0.2) is 15.6 Å². The van der Waals surface area contributed by atoms with Crippen LogP contribution in [0.25, 0.3) is 61.0 Å². The maximum absolute atomic E-state index is 14.6. The van der Waals surface area contributed by atoms with E-state index in [1.54, 1.807) is 0 Å². The summed E-state index contributed by atoms with van der Waals surface area (Å²) in [6.07, 6.45) is 1.90. The van der Waals surface area contributed by atoms with Gasteiger partial charge in [0.25, 0.3) is 11.4 Å². The summed E-state index contributed by atoms with van der Waals surface area (Å²) in [5, 5.41) is 2.24. The summed E-state index contributed by atoms with van der Waals surface area (Å²) in [5.41, 5.74) is 14.2. The zero-order valence-electron chi connectivity index (χ0n) is 40.4. The number of halogens is 2. The third-order valence-electron chi connectivity index (χ3n) is 13.4. The first kappa shape index (κ1) is 44.3. The van der Waals surface area contributed by atoms with Gasteiger partial charge in [0.1, 0.15) is 29.0 Å². The van der Waals surface area contributed by atoms with Gasteiger partial charge in [-0.2, -0.15) is 0 Å². The van der Waals surface area contributed by atoms with E-state index in [4.69, 9.17) is 9.72 Å². The van der Waals surface area contributed by atoms with Gasteiger partial charge in [0.05, 0.1) is 28.2 Å². The summed E-state index contributed by atoms with van der Waals surface area (Å²) in [5.74, 6) is 1.55. The molecule has 0 saturated heterocycles. The van der Waals surface area contributed by atoms with Gasteiger partial charge in [0, 0.05) is 41.2 Å². The van der Waals surface area contributed by atoms with Crippen molar-refractivity contribution in [3.05, 3.63) is 217 Å². The van der Waals surface area contributed by atoms with Crippen LogP contribution in [0.15, 0.2) is 188 Å². The standard InChI is InChI=1S/C63H52F2N4O/c1-40-14-8-9-15-51(40)43-32-48(37-50(33-43)70-49-28-29-53-52-16-10-11-17-56(52)69(59(53)38-49)60-36-44(30-31-66-60)62(2,3)4)67-39-68(58-19-13-12-18-57(58)67)61-54(41-20-24-46(64)25-21-41)34-45(63(5,6)7)35-55(61)42-22-26-47(65)27-23-42/h8-38H,1-7H3/q+2. The zero-order chi connectivity index (χ0) is 48.5. The molecule has 0 spiro atoms. The summed E-state index contributed by atoms with van der Waals surface area (Å²) in [7, 11) is 0. The second-order valence-electron chi connectivity index (χ2n) is 20.3. The van der Waals surface area contributed by atoms with Gasteiger partial charge < -0.3 is 4.74 Å². The molecule has 1 aliphatic heterocycles. The molecule has 10 aromatic rings. The Morgan fingerprint density at radius 1 is 0.500 bits per heavy atom. The molecule has 1 aliphatic rings. The molecule has 11 rings (SSSR count). The van der Waals surface area contributed by atoms with Crippen molar-refractivity contribution >= 4 is 50.6 Å². The number of rotatable bonds is 8. The van der Waals surface area contributed by atoms with Crippen LogP contribution in [0, 0.1) is 18.6 Å². The van der Waals surface area contributed by atoms with Crippen molar-refractivity contribution in [2.75, 3.05) is 0 Å². The third-order valence-corrected chi connectivity index (χ3v) is 13.4. The van der Waals surface area contributed by atoms with Crippen LogP contribution in [0.4, 0.5) is 31.5 Å². The zero-order valence-corrected chi connectivity index (χ0v) is 40.4. The first-order valence-corrected chi connectivity index (χ1v) is 23.7. The molecule has 0 atom stereocenters. The van der Waals surface area contributed by atoms with Gasteiger partial charge in [-0.25, -0.2) is 13.8 Å². The Kier molecular flexibility index (Phi) is 10.8. The van der Waals surface area contributed by atoms with E-state index < -0.39 is 0 Å². The Balaban J connectivity index is 1.13. The molecule has 7 heteroatoms. The summed E-state index contributed by atoms with van der Waals surface area (Å²) >= 11 is 0. The van der Waals surface area contributed by atoms with E-state index in [1.807, 2.05) is 48.7 Å². The fourth-order valence-corrected chi connectivity index (χ4v) is 9.65. The van der Waals surface area contributed by atoms with Gasteiger partial charge in [-0.05, 0) is 139 Å². The van der Waals surface area contributed by atoms with Gasteiger partial charge in [-0.3, -0.25) is 4.57 Å². The monoisotopic (exact) mass is 918 g/mol. The highest BCUT2D eigenvalue weighted by atomic mass is 19.1. The number of hydrogen-bond donors (Lipinski definition) is 0. The van der Waals surface area contributed by atoms with Crippen molar-refractivity contribution in [2.24, 2.45) is 0 Å². The van der Waals surface area contributed by atoms with Gasteiger partial charge >= 0.3 is 6.01 Å². The van der Waals surface area contributed by atoms with E-state index >= 15 is 0 Å². The normalized spacial score (nSPS) is 12.6. The summed E-state index contributed by atoms with van der Waals surface area (Å²) < 4.78 is 42.6. The number of para-hydroxylation sites is 3. The van der Waals surface area contributed by atoms with Crippen LogP contribution in [0.5, 0.6) is 11.5 Å². The SMILES string of the molecule is Cc1ccccc1-c1cc(Oc2ccc3c4ccccc4n(-c4cc(C(C)(C)C)ccn4)c3c2)cc([N+]2=C=[N+](c3c(-c4ccc(F)cc4)cc(C(C)(C)C)cc3-c3ccc(F)cc3)c3ccccc32)c1. The highest BCUT2D eigenvalue weighted by molar-refractivity contribution is 6.09. The highest BCUT2D eigenvalue weighted by Crippen LogP contribution is 2.47. The number of ether oxygens (including phenoxy) is 1. The Labute approximate surface area is 407 Å². The Hall–Kier alpha value is -8.25. The van der Waals surface area contributed by atoms with Crippen LogP contribution < -0.4 is 13.9 Å². The Morgan fingerprint density at radius 2 is 1.10 bits per heavy atom. The van der Waals surface area contributed by atoms with Crippen LogP contribution in [0.1, 0.15) is 58.2 Å². The first-order chi connectivity index (χ1) is 33.7. The molecule has 3 heterocycles. The minimum atomic E-state index is -0.316. The second kappa shape index (κ2) is 17.1. The number of aromatic nitrogens is 2. The van der Waals surface area contributed by atoms with Crippen LogP contribution >= 0.6 is 0 Å². The van der Waals surface area contributed by atoms with Crippen molar-refractivity contribution in [3.8, 4) is 50.7 Å². The summed E-state index contributed by atoms with van der Waals surface area (Å²) in [6, 6.07) is 63.5. The van der Waals surface area contributed by atoms with E-state index in [1.165, 1.54) is 29.8 Å². The van der Waals surface area contributed by atoms with Gasteiger partial charge in [-0.15, -0.1) is 0 Å². The number of aryl methyl sites for hydroxylation is 1. The van der Waals surface area contributed by atoms with Crippen molar-refractivity contribution in [1.82, 2.24) is 18.7 Å². The Morgan fingerprint density at radius 3 is 1.76 bits per heavy atom. The molecule has 0 amide bonds. The lowest BCUT2D eigenvalue weighted by atomic mass is 9.82. The number of pyridine rings is 1. The molecular formula is C63H52F2N4O+2. The fourth-order valence-electron chi connectivity index (χ4n) is 9.65. The maximum atomic E-state index is 14.6. The smallest absolute Gasteiger partial charge is 0.457 e. The minimum absolute atomic E-state index is 0.0566. The lowest BCUT2D eigenvalue weighted by Gasteiger charge is -2.22. The van der Waals surface area contributed by atoms with Gasteiger partial charge in [0.2, 0.25) is 11.4 Å². The molecule has 0 saturated carbocycles. The number of fused-ring (bicyclic) bond motifs is 4. The number of benzene rings is 8. The first-order valence-electron chi connectivity index (χ1n) is 23.7. The highest BCUT2D eigenvalue weighted by Gasteiger charge is 2.40.